The topological polar surface area (TPSA) is 39.2 Å². The molecule has 0 aliphatic carbocycles. The Morgan fingerprint density at radius 2 is 2.70 bits per heavy atom. The lowest BCUT2D eigenvalue weighted by molar-refractivity contribution is -0.133. The van der Waals surface area contributed by atoms with Gasteiger partial charge in [0, 0.05) is 6.42 Å². The van der Waals surface area contributed by atoms with Gasteiger partial charge in [-0.1, -0.05) is 18.3 Å². The molecule has 54 valence electrons. The molecule has 0 fully saturated rings. The summed E-state index contributed by atoms with van der Waals surface area (Å²) < 4.78 is 4.82. The molecular weight excluding hydrogens is 150 g/mol. The lowest BCUT2D eigenvalue weighted by atomic mass is 10.5. The molecule has 0 aliphatic heterocycles. The van der Waals surface area contributed by atoms with E-state index in [2.05, 4.69) is 4.98 Å². The van der Waals surface area contributed by atoms with Crippen LogP contribution in [0.25, 0.3) is 0 Å². The van der Waals surface area contributed by atoms with Gasteiger partial charge in [-0.15, -0.1) is 0 Å². The highest BCUT2D eigenvalue weighted by atomic mass is 32.1. The van der Waals surface area contributed by atoms with Crippen LogP contribution < -0.4 is 4.74 Å². The Morgan fingerprint density at radius 1 is 1.90 bits per heavy atom. The number of rotatable bonds is 2. The maximum Gasteiger partial charge on any atom is 0.311 e. The van der Waals surface area contributed by atoms with E-state index in [1.807, 2.05) is 0 Å². The minimum Gasteiger partial charge on any atom is -0.414 e. The molecule has 1 rings (SSSR count). The summed E-state index contributed by atoms with van der Waals surface area (Å²) >= 11 is 1.31. The Kier molecular flexibility index (Phi) is 2.39. The van der Waals surface area contributed by atoms with E-state index in [9.17, 15) is 4.79 Å². The Balaban J connectivity index is 2.48. The van der Waals surface area contributed by atoms with Crippen molar-refractivity contribution in [2.75, 3.05) is 0 Å². The molecular formula is C6H7NO2S. The molecule has 0 aliphatic rings. The Bertz CT molecular complexity index is 208. The molecule has 4 heteroatoms. The number of esters is 1. The molecule has 0 spiro atoms. The number of aromatic nitrogens is 1. The first-order valence-electron chi connectivity index (χ1n) is 2.92. The molecule has 0 atom stereocenters. The van der Waals surface area contributed by atoms with Crippen LogP contribution in [-0.4, -0.2) is 11.0 Å². The Labute approximate surface area is 62.7 Å². The zero-order valence-corrected chi connectivity index (χ0v) is 6.35. The lowest BCUT2D eigenvalue weighted by Crippen LogP contribution is -2.03. The van der Waals surface area contributed by atoms with Gasteiger partial charge in [0.1, 0.15) is 0 Å². The van der Waals surface area contributed by atoms with Crippen molar-refractivity contribution in [3.63, 3.8) is 0 Å². The third-order valence-corrected chi connectivity index (χ3v) is 1.56. The predicted molar refractivity (Wildman–Crippen MR) is 38.0 cm³/mol. The van der Waals surface area contributed by atoms with E-state index in [1.54, 1.807) is 12.4 Å². The second-order valence-corrected chi connectivity index (χ2v) is 2.50. The lowest BCUT2D eigenvalue weighted by Gasteiger charge is -1.94. The summed E-state index contributed by atoms with van der Waals surface area (Å²) in [6, 6.07) is 0. The molecule has 1 aromatic heterocycles. The van der Waals surface area contributed by atoms with Crippen LogP contribution in [0.3, 0.4) is 0 Å². The van der Waals surface area contributed by atoms with Gasteiger partial charge < -0.3 is 4.74 Å². The van der Waals surface area contributed by atoms with Crippen molar-refractivity contribution < 1.29 is 9.53 Å². The standard InChI is InChI=1S/C6H7NO2S/c1-2-5(8)9-6-3-7-4-10-6/h3-4H,2H2,1H3. The summed E-state index contributed by atoms with van der Waals surface area (Å²) in [5.41, 5.74) is 1.62. The third kappa shape index (κ3) is 1.80. The van der Waals surface area contributed by atoms with Gasteiger partial charge in [0.15, 0.2) is 0 Å². The molecule has 0 aromatic carbocycles. The summed E-state index contributed by atoms with van der Waals surface area (Å²) in [6.45, 7) is 1.75. The summed E-state index contributed by atoms with van der Waals surface area (Å²) in [4.78, 5) is 14.4. The first-order chi connectivity index (χ1) is 4.83. The van der Waals surface area contributed by atoms with E-state index in [1.165, 1.54) is 17.5 Å². The molecule has 10 heavy (non-hydrogen) atoms. The van der Waals surface area contributed by atoms with Crippen LogP contribution in [0.5, 0.6) is 5.06 Å². The molecule has 0 saturated heterocycles. The highest BCUT2D eigenvalue weighted by Gasteiger charge is 2.00. The van der Waals surface area contributed by atoms with Crippen molar-refractivity contribution >= 4 is 17.3 Å². The number of ether oxygens (including phenoxy) is 1. The van der Waals surface area contributed by atoms with Crippen molar-refractivity contribution in [3.05, 3.63) is 11.7 Å². The Hall–Kier alpha value is -0.900. The number of carbonyl (C=O) groups excluding carboxylic acids is 1. The van der Waals surface area contributed by atoms with E-state index in [4.69, 9.17) is 4.74 Å². The monoisotopic (exact) mass is 157 g/mol. The van der Waals surface area contributed by atoms with Crippen LogP contribution in [0.15, 0.2) is 11.7 Å². The van der Waals surface area contributed by atoms with E-state index in [0.29, 0.717) is 11.5 Å². The van der Waals surface area contributed by atoms with Gasteiger partial charge in [-0.25, -0.2) is 4.98 Å². The quantitative estimate of drug-likeness (QED) is 0.610. The van der Waals surface area contributed by atoms with Crippen molar-refractivity contribution in [1.29, 1.82) is 0 Å². The van der Waals surface area contributed by atoms with Gasteiger partial charge in [-0.3, -0.25) is 4.79 Å². The molecule has 3 nitrogen and oxygen atoms in total. The number of hydrogen-bond acceptors (Lipinski definition) is 4. The number of carbonyl (C=O) groups is 1. The van der Waals surface area contributed by atoms with Gasteiger partial charge >= 0.3 is 5.97 Å². The smallest absolute Gasteiger partial charge is 0.311 e. The van der Waals surface area contributed by atoms with Crippen molar-refractivity contribution in [2.45, 2.75) is 13.3 Å². The van der Waals surface area contributed by atoms with E-state index >= 15 is 0 Å². The fourth-order valence-corrected chi connectivity index (χ4v) is 0.927. The van der Waals surface area contributed by atoms with E-state index < -0.39 is 0 Å². The van der Waals surface area contributed by atoms with Crippen LogP contribution in [0.4, 0.5) is 0 Å². The molecule has 0 bridgehead atoms. The fraction of sp³-hybridized carbons (Fsp3) is 0.333. The molecule has 1 aromatic rings. The predicted octanol–water partition coefficient (Wildman–Crippen LogP) is 1.46. The number of hydrogen-bond donors (Lipinski definition) is 0. The van der Waals surface area contributed by atoms with Gasteiger partial charge in [-0.2, -0.15) is 0 Å². The Morgan fingerprint density at radius 3 is 3.20 bits per heavy atom. The number of thiazole rings is 1. The van der Waals surface area contributed by atoms with Crippen LogP contribution in [0.1, 0.15) is 13.3 Å². The van der Waals surface area contributed by atoms with E-state index in [-0.39, 0.29) is 5.97 Å². The van der Waals surface area contributed by atoms with Crippen molar-refractivity contribution in [3.8, 4) is 5.06 Å². The second kappa shape index (κ2) is 3.31. The average Bonchev–Trinajstić information content (AvgIpc) is 2.40. The zero-order chi connectivity index (χ0) is 7.40. The van der Waals surface area contributed by atoms with Gasteiger partial charge in [0.05, 0.1) is 11.7 Å². The normalized spacial score (nSPS) is 9.30. The van der Waals surface area contributed by atoms with Crippen LogP contribution in [0.2, 0.25) is 0 Å². The van der Waals surface area contributed by atoms with Crippen molar-refractivity contribution in [2.24, 2.45) is 0 Å². The highest BCUT2D eigenvalue weighted by molar-refractivity contribution is 7.11. The van der Waals surface area contributed by atoms with E-state index in [0.717, 1.165) is 0 Å². The summed E-state index contributed by atoms with van der Waals surface area (Å²) in [5, 5.41) is 0.562. The van der Waals surface area contributed by atoms with Crippen LogP contribution in [0, 0.1) is 0 Å². The SMILES string of the molecule is CCC(=O)Oc1cncs1. The molecule has 0 N–H and O–H groups in total. The number of nitrogens with zero attached hydrogens (tertiary/aromatic N) is 1. The molecule has 0 unspecified atom stereocenters. The average molecular weight is 157 g/mol. The highest BCUT2D eigenvalue weighted by Crippen LogP contribution is 2.15. The van der Waals surface area contributed by atoms with Gasteiger partial charge in [0.2, 0.25) is 5.06 Å². The second-order valence-electron chi connectivity index (χ2n) is 1.65. The first kappa shape index (κ1) is 7.21. The zero-order valence-electron chi connectivity index (χ0n) is 5.53. The molecule has 1 heterocycles. The molecule has 0 radical (unpaired) electrons. The minimum atomic E-state index is -0.218. The van der Waals surface area contributed by atoms with Crippen molar-refractivity contribution in [1.82, 2.24) is 4.98 Å². The summed E-state index contributed by atoms with van der Waals surface area (Å²) in [5.74, 6) is -0.218. The molecule has 0 amide bonds. The fourth-order valence-electron chi connectivity index (χ4n) is 0.439. The maximum absolute atomic E-state index is 10.6. The minimum absolute atomic E-state index is 0.218. The summed E-state index contributed by atoms with van der Waals surface area (Å²) in [7, 11) is 0. The third-order valence-electron chi connectivity index (χ3n) is 0.913. The maximum atomic E-state index is 10.6. The van der Waals surface area contributed by atoms with Crippen LogP contribution in [-0.2, 0) is 4.79 Å². The first-order valence-corrected chi connectivity index (χ1v) is 3.80. The summed E-state index contributed by atoms with van der Waals surface area (Å²) in [6.07, 6.45) is 1.93. The largest absolute Gasteiger partial charge is 0.414 e. The molecule has 0 saturated carbocycles. The van der Waals surface area contributed by atoms with Gasteiger partial charge in [0.25, 0.3) is 0 Å². The van der Waals surface area contributed by atoms with Crippen LogP contribution >= 0.6 is 11.3 Å². The van der Waals surface area contributed by atoms with Gasteiger partial charge in [-0.05, 0) is 0 Å².